The van der Waals surface area contributed by atoms with Crippen molar-refractivity contribution in [1.82, 2.24) is 10.6 Å². The van der Waals surface area contributed by atoms with Gasteiger partial charge in [-0.1, -0.05) is 18.8 Å². The van der Waals surface area contributed by atoms with Crippen LogP contribution in [0.5, 0.6) is 0 Å². The maximum absolute atomic E-state index is 11.3. The first-order valence-corrected chi connectivity index (χ1v) is 7.57. The molecule has 3 N–H and O–H groups in total. The van der Waals surface area contributed by atoms with Crippen molar-refractivity contribution in [2.24, 2.45) is 0 Å². The van der Waals surface area contributed by atoms with Gasteiger partial charge in [0.15, 0.2) is 0 Å². The number of aliphatic carboxylic acids is 1. The molecular weight excluding hydrogens is 264 g/mol. The summed E-state index contributed by atoms with van der Waals surface area (Å²) >= 11 is 1.61. The van der Waals surface area contributed by atoms with Gasteiger partial charge < -0.3 is 15.7 Å². The fraction of sp³-hybridized carbons (Fsp3) is 0.692. The molecule has 0 saturated heterocycles. The van der Waals surface area contributed by atoms with Crippen molar-refractivity contribution in [3.05, 3.63) is 0 Å². The van der Waals surface area contributed by atoms with E-state index in [1.54, 1.807) is 11.8 Å². The Balaban J connectivity index is 3.21. The average Bonchev–Trinajstić information content (AvgIpc) is 2.37. The van der Waals surface area contributed by atoms with Gasteiger partial charge >= 0.3 is 12.0 Å². The number of carboxylic acid groups (broad SMARTS) is 1. The Morgan fingerprint density at radius 1 is 1.11 bits per heavy atom. The molecule has 0 aliphatic rings. The van der Waals surface area contributed by atoms with Crippen molar-refractivity contribution in [3.63, 3.8) is 0 Å². The normalized spacial score (nSPS) is 9.63. The van der Waals surface area contributed by atoms with Crippen LogP contribution < -0.4 is 10.6 Å². The van der Waals surface area contributed by atoms with E-state index in [1.807, 2.05) is 0 Å². The van der Waals surface area contributed by atoms with Crippen LogP contribution in [0, 0.1) is 12.3 Å². The van der Waals surface area contributed by atoms with E-state index in [-0.39, 0.29) is 12.5 Å². The van der Waals surface area contributed by atoms with E-state index < -0.39 is 5.97 Å². The Morgan fingerprint density at radius 2 is 1.79 bits per heavy atom. The first-order chi connectivity index (χ1) is 9.16. The number of nitrogens with one attached hydrogen (secondary N) is 2. The minimum Gasteiger partial charge on any atom is -0.481 e. The highest BCUT2D eigenvalue weighted by molar-refractivity contribution is 7.99. The zero-order chi connectivity index (χ0) is 14.3. The largest absolute Gasteiger partial charge is 0.481 e. The van der Waals surface area contributed by atoms with Crippen molar-refractivity contribution in [3.8, 4) is 12.3 Å². The third-order valence-electron chi connectivity index (χ3n) is 2.32. The van der Waals surface area contributed by atoms with Gasteiger partial charge in [-0.2, -0.15) is 0 Å². The fourth-order valence-electron chi connectivity index (χ4n) is 1.39. The molecule has 0 rings (SSSR count). The fourth-order valence-corrected chi connectivity index (χ4v) is 1.90. The molecule has 0 aliphatic heterocycles. The van der Waals surface area contributed by atoms with Crippen LogP contribution >= 0.6 is 11.8 Å². The molecule has 0 aliphatic carbocycles. The second kappa shape index (κ2) is 13.1. The summed E-state index contributed by atoms with van der Waals surface area (Å²) in [6.45, 7) is 1.23. The summed E-state index contributed by atoms with van der Waals surface area (Å²) in [4.78, 5) is 21.6. The van der Waals surface area contributed by atoms with Gasteiger partial charge in [0.1, 0.15) is 0 Å². The second-order valence-electron chi connectivity index (χ2n) is 4.00. The molecule has 6 heteroatoms. The summed E-state index contributed by atoms with van der Waals surface area (Å²) in [5.74, 6) is 3.25. The SMILES string of the molecule is C#CCSCCNC(=O)NCCCCCCC(=O)O. The number of hydrogen-bond donors (Lipinski definition) is 3. The smallest absolute Gasteiger partial charge is 0.314 e. The van der Waals surface area contributed by atoms with Crippen molar-refractivity contribution in [1.29, 1.82) is 0 Å². The molecule has 0 aromatic carbocycles. The van der Waals surface area contributed by atoms with Crippen molar-refractivity contribution < 1.29 is 14.7 Å². The van der Waals surface area contributed by atoms with Gasteiger partial charge in [0.2, 0.25) is 0 Å². The van der Waals surface area contributed by atoms with Crippen LogP contribution in [0.4, 0.5) is 4.79 Å². The number of carbonyl (C=O) groups excluding carboxylic acids is 1. The van der Waals surface area contributed by atoms with Gasteiger partial charge in [0.05, 0.1) is 5.75 Å². The van der Waals surface area contributed by atoms with Gasteiger partial charge in [0.25, 0.3) is 0 Å². The lowest BCUT2D eigenvalue weighted by atomic mass is 10.1. The number of thioether (sulfide) groups is 1. The summed E-state index contributed by atoms with van der Waals surface area (Å²) in [6.07, 6.45) is 8.72. The van der Waals surface area contributed by atoms with E-state index in [1.165, 1.54) is 0 Å². The van der Waals surface area contributed by atoms with E-state index in [0.717, 1.165) is 25.0 Å². The predicted molar refractivity (Wildman–Crippen MR) is 78.3 cm³/mol. The third-order valence-corrected chi connectivity index (χ3v) is 3.18. The summed E-state index contributed by atoms with van der Waals surface area (Å²) < 4.78 is 0. The molecule has 2 amide bonds. The Labute approximate surface area is 118 Å². The third kappa shape index (κ3) is 14.6. The number of unbranched alkanes of at least 4 members (excludes halogenated alkanes) is 3. The molecule has 19 heavy (non-hydrogen) atoms. The highest BCUT2D eigenvalue weighted by Crippen LogP contribution is 2.02. The van der Waals surface area contributed by atoms with Crippen molar-refractivity contribution in [2.45, 2.75) is 32.1 Å². The number of hydrogen-bond acceptors (Lipinski definition) is 3. The van der Waals surface area contributed by atoms with Crippen molar-refractivity contribution >= 4 is 23.8 Å². The molecular formula is C13H22N2O3S. The van der Waals surface area contributed by atoms with Gasteiger partial charge in [-0.3, -0.25) is 4.79 Å². The zero-order valence-electron chi connectivity index (χ0n) is 11.1. The molecule has 5 nitrogen and oxygen atoms in total. The average molecular weight is 286 g/mol. The molecule has 0 aromatic heterocycles. The molecule has 0 aromatic rings. The second-order valence-corrected chi connectivity index (χ2v) is 5.10. The molecule has 0 radical (unpaired) electrons. The highest BCUT2D eigenvalue weighted by atomic mass is 32.2. The quantitative estimate of drug-likeness (QED) is 0.399. The number of carboxylic acids is 1. The van der Waals surface area contributed by atoms with Crippen LogP contribution in [-0.4, -0.2) is 41.7 Å². The lowest BCUT2D eigenvalue weighted by Gasteiger charge is -2.06. The maximum atomic E-state index is 11.3. The van der Waals surface area contributed by atoms with Crippen LogP contribution in [0.25, 0.3) is 0 Å². The zero-order valence-corrected chi connectivity index (χ0v) is 11.9. The van der Waals surface area contributed by atoms with Gasteiger partial charge in [0, 0.05) is 25.3 Å². The number of carbonyl (C=O) groups is 2. The Kier molecular flexibility index (Phi) is 12.2. The van der Waals surface area contributed by atoms with E-state index in [0.29, 0.717) is 25.3 Å². The molecule has 0 atom stereocenters. The number of urea groups is 1. The van der Waals surface area contributed by atoms with Gasteiger partial charge in [-0.25, -0.2) is 4.79 Å². The summed E-state index contributed by atoms with van der Waals surface area (Å²) in [6, 6.07) is -0.160. The lowest BCUT2D eigenvalue weighted by Crippen LogP contribution is -2.37. The lowest BCUT2D eigenvalue weighted by molar-refractivity contribution is -0.137. The minimum atomic E-state index is -0.750. The van der Waals surface area contributed by atoms with E-state index in [2.05, 4.69) is 16.6 Å². The summed E-state index contributed by atoms with van der Waals surface area (Å²) in [5, 5.41) is 13.9. The first-order valence-electron chi connectivity index (χ1n) is 6.41. The van der Waals surface area contributed by atoms with Gasteiger partial charge in [-0.05, 0) is 12.8 Å². The summed E-state index contributed by atoms with van der Waals surface area (Å²) in [5.41, 5.74) is 0. The Bertz CT molecular complexity index is 303. The highest BCUT2D eigenvalue weighted by Gasteiger charge is 1.99. The van der Waals surface area contributed by atoms with Crippen LogP contribution in [0.3, 0.4) is 0 Å². The minimum absolute atomic E-state index is 0.160. The maximum Gasteiger partial charge on any atom is 0.314 e. The standard InChI is InChI=1S/C13H22N2O3S/c1-2-10-19-11-9-15-13(18)14-8-6-4-3-5-7-12(16)17/h1H,3-11H2,(H,16,17)(H2,14,15,18). The van der Waals surface area contributed by atoms with Crippen LogP contribution in [0.2, 0.25) is 0 Å². The molecule has 108 valence electrons. The van der Waals surface area contributed by atoms with Crippen LogP contribution in [0.1, 0.15) is 32.1 Å². The Hall–Kier alpha value is -1.35. The molecule has 0 fully saturated rings. The molecule has 0 spiro atoms. The topological polar surface area (TPSA) is 78.4 Å². The number of rotatable bonds is 11. The summed E-state index contributed by atoms with van der Waals surface area (Å²) in [7, 11) is 0. The monoisotopic (exact) mass is 286 g/mol. The van der Waals surface area contributed by atoms with E-state index >= 15 is 0 Å². The Morgan fingerprint density at radius 3 is 2.47 bits per heavy atom. The molecule has 0 bridgehead atoms. The van der Waals surface area contributed by atoms with Crippen molar-refractivity contribution in [2.75, 3.05) is 24.6 Å². The number of terminal acetylenes is 1. The van der Waals surface area contributed by atoms with E-state index in [9.17, 15) is 9.59 Å². The molecule has 0 heterocycles. The van der Waals surface area contributed by atoms with Crippen LogP contribution in [0.15, 0.2) is 0 Å². The number of amides is 2. The first kappa shape index (κ1) is 17.6. The van der Waals surface area contributed by atoms with Gasteiger partial charge in [-0.15, -0.1) is 18.2 Å². The molecule has 0 unspecified atom stereocenters. The predicted octanol–water partition coefficient (Wildman–Crippen LogP) is 1.69. The molecule has 0 saturated carbocycles. The van der Waals surface area contributed by atoms with Crippen LogP contribution in [-0.2, 0) is 4.79 Å². The van der Waals surface area contributed by atoms with E-state index in [4.69, 9.17) is 11.5 Å².